The van der Waals surface area contributed by atoms with E-state index < -0.39 is 0 Å². The van der Waals surface area contributed by atoms with Gasteiger partial charge >= 0.3 is 0 Å². The van der Waals surface area contributed by atoms with Crippen molar-refractivity contribution in [2.24, 2.45) is 0 Å². The first kappa shape index (κ1) is 17.5. The molecule has 1 aromatic carbocycles. The second-order valence-corrected chi connectivity index (χ2v) is 6.41. The number of nitrogens with one attached hydrogen (secondary N) is 2. The van der Waals surface area contributed by atoms with E-state index in [0.717, 1.165) is 11.1 Å². The summed E-state index contributed by atoms with van der Waals surface area (Å²) in [5.74, 6) is -0.121. The third-order valence-corrected chi connectivity index (χ3v) is 4.29. The summed E-state index contributed by atoms with van der Waals surface area (Å²) < 4.78 is 0. The first-order valence-electron chi connectivity index (χ1n) is 7.37. The summed E-state index contributed by atoms with van der Waals surface area (Å²) in [6.45, 7) is 1.97. The van der Waals surface area contributed by atoms with E-state index in [1.807, 2.05) is 41.1 Å². The maximum absolute atomic E-state index is 12.2. The molecule has 0 radical (unpaired) electrons. The van der Waals surface area contributed by atoms with E-state index in [4.69, 9.17) is 11.6 Å². The molecular formula is C17H19ClN2O2S. The van der Waals surface area contributed by atoms with Gasteiger partial charge in [-0.15, -0.1) is 0 Å². The smallest absolute Gasteiger partial charge is 0.220 e. The summed E-state index contributed by atoms with van der Waals surface area (Å²) in [5.41, 5.74) is 2.04. The van der Waals surface area contributed by atoms with Crippen molar-refractivity contribution in [3.8, 4) is 0 Å². The number of carbonyl (C=O) groups is 2. The summed E-state index contributed by atoms with van der Waals surface area (Å²) in [7, 11) is 0. The van der Waals surface area contributed by atoms with Crippen LogP contribution in [0.2, 0.25) is 5.02 Å². The van der Waals surface area contributed by atoms with Crippen molar-refractivity contribution in [3.05, 3.63) is 57.2 Å². The van der Waals surface area contributed by atoms with Crippen LogP contribution in [0.5, 0.6) is 0 Å². The van der Waals surface area contributed by atoms with E-state index in [1.54, 1.807) is 11.3 Å². The van der Waals surface area contributed by atoms with Gasteiger partial charge in [-0.3, -0.25) is 9.59 Å². The third-order valence-electron chi connectivity index (χ3n) is 3.34. The lowest BCUT2D eigenvalue weighted by molar-refractivity contribution is -0.122. The second-order valence-electron chi connectivity index (χ2n) is 5.20. The summed E-state index contributed by atoms with van der Waals surface area (Å²) in [4.78, 5) is 23.0. The Morgan fingerprint density at radius 2 is 1.91 bits per heavy atom. The van der Waals surface area contributed by atoms with Crippen LogP contribution in [-0.2, 0) is 9.59 Å². The summed E-state index contributed by atoms with van der Waals surface area (Å²) in [5, 5.41) is 10.4. The highest BCUT2D eigenvalue weighted by Gasteiger charge is 2.17. The third kappa shape index (κ3) is 5.69. The fourth-order valence-electron chi connectivity index (χ4n) is 2.20. The number of benzene rings is 1. The van der Waals surface area contributed by atoms with Crippen LogP contribution < -0.4 is 10.6 Å². The van der Waals surface area contributed by atoms with Gasteiger partial charge in [-0.1, -0.05) is 23.7 Å². The van der Waals surface area contributed by atoms with Crippen LogP contribution in [0, 0.1) is 0 Å². The molecule has 23 heavy (non-hydrogen) atoms. The molecule has 0 spiro atoms. The topological polar surface area (TPSA) is 58.2 Å². The Kier molecular flexibility index (Phi) is 6.62. The number of hydrogen-bond acceptors (Lipinski definition) is 3. The van der Waals surface area contributed by atoms with Crippen LogP contribution >= 0.6 is 22.9 Å². The lowest BCUT2D eigenvalue weighted by Gasteiger charge is -2.18. The van der Waals surface area contributed by atoms with Gasteiger partial charge in [-0.05, 0) is 46.5 Å². The zero-order valence-corrected chi connectivity index (χ0v) is 14.4. The molecule has 6 heteroatoms. The van der Waals surface area contributed by atoms with E-state index >= 15 is 0 Å². The van der Waals surface area contributed by atoms with E-state index in [0.29, 0.717) is 24.4 Å². The van der Waals surface area contributed by atoms with Gasteiger partial charge < -0.3 is 10.6 Å². The van der Waals surface area contributed by atoms with Gasteiger partial charge in [0.25, 0.3) is 0 Å². The van der Waals surface area contributed by atoms with Crippen LogP contribution in [0.25, 0.3) is 0 Å². The molecule has 4 nitrogen and oxygen atoms in total. The van der Waals surface area contributed by atoms with Gasteiger partial charge in [0, 0.05) is 24.9 Å². The highest BCUT2D eigenvalue weighted by molar-refractivity contribution is 7.08. The van der Waals surface area contributed by atoms with Crippen LogP contribution in [0.3, 0.4) is 0 Å². The highest BCUT2D eigenvalue weighted by atomic mass is 35.5. The number of rotatable bonds is 7. The molecule has 1 atom stereocenters. The van der Waals surface area contributed by atoms with Crippen molar-refractivity contribution in [2.75, 3.05) is 6.54 Å². The molecule has 1 aromatic heterocycles. The first-order chi connectivity index (χ1) is 11.1. The van der Waals surface area contributed by atoms with Crippen molar-refractivity contribution in [1.82, 2.24) is 10.6 Å². The minimum atomic E-state index is -0.188. The Bertz CT molecular complexity index is 641. The monoisotopic (exact) mass is 350 g/mol. The van der Waals surface area contributed by atoms with Gasteiger partial charge in [0.05, 0.1) is 6.04 Å². The Labute approximate surface area is 144 Å². The van der Waals surface area contributed by atoms with Crippen LogP contribution in [-0.4, -0.2) is 18.4 Å². The molecular weight excluding hydrogens is 332 g/mol. The fourth-order valence-corrected chi connectivity index (χ4v) is 3.01. The molecule has 2 aromatic rings. The number of carbonyl (C=O) groups excluding carboxylic acids is 2. The molecule has 0 aliphatic heterocycles. The molecule has 1 heterocycles. The number of hydrogen-bond donors (Lipinski definition) is 2. The Morgan fingerprint density at radius 1 is 1.17 bits per heavy atom. The van der Waals surface area contributed by atoms with E-state index in [-0.39, 0.29) is 17.9 Å². The van der Waals surface area contributed by atoms with Crippen LogP contribution in [0.4, 0.5) is 0 Å². The fraction of sp³-hybridized carbons (Fsp3) is 0.294. The standard InChI is InChI=1S/C17H19ClN2O2S/c1-12(21)19-9-2-3-16(22)20-17(14-8-10-23-11-14)13-4-6-15(18)7-5-13/h4-8,10-11,17H,2-3,9H2,1H3,(H,19,21)(H,20,22)/t17-/m1/s1. The molecule has 0 aliphatic carbocycles. The molecule has 2 amide bonds. The largest absolute Gasteiger partial charge is 0.356 e. The van der Waals surface area contributed by atoms with E-state index in [9.17, 15) is 9.59 Å². The van der Waals surface area contributed by atoms with Gasteiger partial charge in [0.1, 0.15) is 0 Å². The first-order valence-corrected chi connectivity index (χ1v) is 8.69. The van der Waals surface area contributed by atoms with Crippen molar-refractivity contribution in [2.45, 2.75) is 25.8 Å². The molecule has 2 rings (SSSR count). The second kappa shape index (κ2) is 8.70. The summed E-state index contributed by atoms with van der Waals surface area (Å²) in [6.07, 6.45) is 0.983. The van der Waals surface area contributed by atoms with Gasteiger partial charge in [-0.25, -0.2) is 0 Å². The molecule has 0 bridgehead atoms. The minimum Gasteiger partial charge on any atom is -0.356 e. The number of amides is 2. The summed E-state index contributed by atoms with van der Waals surface area (Å²) in [6, 6.07) is 9.29. The van der Waals surface area contributed by atoms with Crippen molar-refractivity contribution >= 4 is 34.8 Å². The molecule has 0 unspecified atom stereocenters. The number of thiophene rings is 1. The summed E-state index contributed by atoms with van der Waals surface area (Å²) >= 11 is 7.53. The maximum Gasteiger partial charge on any atom is 0.220 e. The average molecular weight is 351 g/mol. The molecule has 122 valence electrons. The van der Waals surface area contributed by atoms with Crippen molar-refractivity contribution in [3.63, 3.8) is 0 Å². The zero-order chi connectivity index (χ0) is 16.7. The van der Waals surface area contributed by atoms with Gasteiger partial charge in [0.2, 0.25) is 11.8 Å². The molecule has 0 saturated carbocycles. The van der Waals surface area contributed by atoms with E-state index in [1.165, 1.54) is 6.92 Å². The average Bonchev–Trinajstić information content (AvgIpc) is 3.04. The SMILES string of the molecule is CC(=O)NCCCC(=O)N[C@H](c1ccc(Cl)cc1)c1ccsc1. The van der Waals surface area contributed by atoms with Gasteiger partial charge in [0.15, 0.2) is 0 Å². The lowest BCUT2D eigenvalue weighted by Crippen LogP contribution is -2.30. The molecule has 2 N–H and O–H groups in total. The Morgan fingerprint density at radius 3 is 2.52 bits per heavy atom. The molecule has 0 aliphatic rings. The van der Waals surface area contributed by atoms with E-state index in [2.05, 4.69) is 10.6 Å². The van der Waals surface area contributed by atoms with Crippen molar-refractivity contribution in [1.29, 1.82) is 0 Å². The maximum atomic E-state index is 12.2. The predicted octanol–water partition coefficient (Wildman–Crippen LogP) is 3.52. The highest BCUT2D eigenvalue weighted by Crippen LogP contribution is 2.25. The van der Waals surface area contributed by atoms with Gasteiger partial charge in [-0.2, -0.15) is 11.3 Å². The van der Waals surface area contributed by atoms with Crippen molar-refractivity contribution < 1.29 is 9.59 Å². The Balaban J connectivity index is 2.00. The lowest BCUT2D eigenvalue weighted by atomic mass is 10.0. The zero-order valence-electron chi connectivity index (χ0n) is 12.8. The molecule has 0 saturated heterocycles. The predicted molar refractivity (Wildman–Crippen MR) is 93.7 cm³/mol. The number of halogens is 1. The minimum absolute atomic E-state index is 0.0403. The van der Waals surface area contributed by atoms with Crippen LogP contribution in [0.1, 0.15) is 36.9 Å². The van der Waals surface area contributed by atoms with Crippen LogP contribution in [0.15, 0.2) is 41.1 Å². The Hall–Kier alpha value is -1.85. The molecule has 0 fully saturated rings. The quantitative estimate of drug-likeness (QED) is 0.750. The normalized spacial score (nSPS) is 11.7.